The Kier molecular flexibility index (Phi) is 3.43. The van der Waals surface area contributed by atoms with Gasteiger partial charge in [0.25, 0.3) is 0 Å². The van der Waals surface area contributed by atoms with E-state index in [9.17, 15) is 9.18 Å². The van der Waals surface area contributed by atoms with Crippen molar-refractivity contribution in [3.63, 3.8) is 0 Å². The smallest absolute Gasteiger partial charge is 0.159 e. The summed E-state index contributed by atoms with van der Waals surface area (Å²) in [5.74, 6) is 0.727. The maximum Gasteiger partial charge on any atom is 0.159 e. The molecule has 0 bridgehead atoms. The van der Waals surface area contributed by atoms with Crippen LogP contribution in [0.1, 0.15) is 5.56 Å². The quantitative estimate of drug-likeness (QED) is 0.663. The second-order valence-corrected chi connectivity index (χ2v) is 2.70. The van der Waals surface area contributed by atoms with Gasteiger partial charge in [0.1, 0.15) is 5.75 Å². The van der Waals surface area contributed by atoms with Gasteiger partial charge in [-0.3, -0.25) is 0 Å². The summed E-state index contributed by atoms with van der Waals surface area (Å²) in [5.41, 5.74) is 0.792. The van der Waals surface area contributed by atoms with Gasteiger partial charge in [0.05, 0.1) is 7.11 Å². The van der Waals surface area contributed by atoms with Crippen molar-refractivity contribution < 1.29 is 13.9 Å². The minimum absolute atomic E-state index is 0.132. The van der Waals surface area contributed by atoms with E-state index < -0.39 is 6.17 Å². The number of halogens is 1. The molecule has 0 aliphatic carbocycles. The fourth-order valence-electron chi connectivity index (χ4n) is 1.03. The van der Waals surface area contributed by atoms with E-state index in [2.05, 4.69) is 0 Å². The minimum Gasteiger partial charge on any atom is -0.497 e. The average molecular weight is 182 g/mol. The highest BCUT2D eigenvalue weighted by Crippen LogP contribution is 2.12. The van der Waals surface area contributed by atoms with Gasteiger partial charge >= 0.3 is 0 Å². The van der Waals surface area contributed by atoms with Crippen molar-refractivity contribution in [1.29, 1.82) is 0 Å². The van der Waals surface area contributed by atoms with Crippen LogP contribution >= 0.6 is 0 Å². The van der Waals surface area contributed by atoms with Crippen LogP contribution in [0.5, 0.6) is 5.75 Å². The van der Waals surface area contributed by atoms with Crippen LogP contribution in [-0.2, 0) is 11.2 Å². The van der Waals surface area contributed by atoms with E-state index in [1.54, 1.807) is 31.4 Å². The summed E-state index contributed by atoms with van der Waals surface area (Å²) in [5, 5.41) is 0. The van der Waals surface area contributed by atoms with Gasteiger partial charge in [0, 0.05) is 6.42 Å². The van der Waals surface area contributed by atoms with E-state index in [0.717, 1.165) is 11.3 Å². The van der Waals surface area contributed by atoms with E-state index >= 15 is 0 Å². The maximum atomic E-state index is 12.6. The summed E-state index contributed by atoms with van der Waals surface area (Å²) >= 11 is 0. The number of alkyl halides is 1. The van der Waals surface area contributed by atoms with Crippen LogP contribution in [0.3, 0.4) is 0 Å². The molecule has 0 saturated heterocycles. The second-order valence-electron chi connectivity index (χ2n) is 2.70. The number of methoxy groups -OCH3 is 1. The molecule has 1 aromatic rings. The number of aldehydes is 1. The molecular weight excluding hydrogens is 171 g/mol. The number of rotatable bonds is 4. The van der Waals surface area contributed by atoms with Crippen molar-refractivity contribution >= 4 is 6.29 Å². The van der Waals surface area contributed by atoms with Crippen molar-refractivity contribution in [3.05, 3.63) is 29.8 Å². The number of carbonyl (C=O) groups excluding carboxylic acids is 1. The number of ether oxygens (including phenoxy) is 1. The Hall–Kier alpha value is -1.38. The normalized spacial score (nSPS) is 12.2. The van der Waals surface area contributed by atoms with Crippen LogP contribution in [0, 0.1) is 0 Å². The molecule has 0 N–H and O–H groups in total. The largest absolute Gasteiger partial charge is 0.497 e. The Balaban J connectivity index is 2.63. The van der Waals surface area contributed by atoms with E-state index in [-0.39, 0.29) is 6.42 Å². The molecular formula is C10H11FO2. The van der Waals surface area contributed by atoms with Crippen molar-refractivity contribution in [2.45, 2.75) is 12.6 Å². The lowest BCUT2D eigenvalue weighted by molar-refractivity contribution is -0.111. The number of hydrogen-bond acceptors (Lipinski definition) is 2. The van der Waals surface area contributed by atoms with Crippen molar-refractivity contribution in [1.82, 2.24) is 0 Å². The lowest BCUT2D eigenvalue weighted by Crippen LogP contribution is -2.05. The van der Waals surface area contributed by atoms with Crippen LogP contribution in [-0.4, -0.2) is 19.6 Å². The van der Waals surface area contributed by atoms with E-state index in [4.69, 9.17) is 4.74 Å². The molecule has 0 radical (unpaired) electrons. The molecule has 70 valence electrons. The van der Waals surface area contributed by atoms with Gasteiger partial charge in [0.15, 0.2) is 12.5 Å². The monoisotopic (exact) mass is 182 g/mol. The Bertz CT molecular complexity index is 269. The predicted octanol–water partition coefficient (Wildman–Crippen LogP) is 1.77. The molecule has 0 aromatic heterocycles. The summed E-state index contributed by atoms with van der Waals surface area (Å²) in [4.78, 5) is 10.0. The Morgan fingerprint density at radius 2 is 2.08 bits per heavy atom. The van der Waals surface area contributed by atoms with Crippen molar-refractivity contribution in [2.24, 2.45) is 0 Å². The molecule has 0 fully saturated rings. The summed E-state index contributed by atoms with van der Waals surface area (Å²) in [7, 11) is 1.57. The van der Waals surface area contributed by atoms with Gasteiger partial charge in [0.2, 0.25) is 0 Å². The molecule has 13 heavy (non-hydrogen) atoms. The predicted molar refractivity (Wildman–Crippen MR) is 47.7 cm³/mol. The standard InChI is InChI=1S/C10H11FO2/c1-13-10-4-2-8(3-5-10)6-9(11)7-12/h2-5,7,9H,6H2,1H3. The van der Waals surface area contributed by atoms with E-state index in [1.807, 2.05) is 0 Å². The molecule has 0 amide bonds. The van der Waals surface area contributed by atoms with Crippen LogP contribution < -0.4 is 4.74 Å². The minimum atomic E-state index is -1.41. The van der Waals surface area contributed by atoms with Crippen molar-refractivity contribution in [2.75, 3.05) is 7.11 Å². The molecule has 0 aliphatic heterocycles. The Morgan fingerprint density at radius 1 is 1.46 bits per heavy atom. The topological polar surface area (TPSA) is 26.3 Å². The van der Waals surface area contributed by atoms with Gasteiger partial charge in [-0.1, -0.05) is 12.1 Å². The van der Waals surface area contributed by atoms with Crippen LogP contribution in [0.2, 0.25) is 0 Å². The number of carbonyl (C=O) groups is 1. The highest BCUT2D eigenvalue weighted by atomic mass is 19.1. The third kappa shape index (κ3) is 2.86. The molecule has 1 aromatic carbocycles. The summed E-state index contributed by atoms with van der Waals surface area (Å²) in [6.07, 6.45) is -0.967. The SMILES string of the molecule is COc1ccc(CC(F)C=O)cc1. The van der Waals surface area contributed by atoms with Crippen LogP contribution in [0.15, 0.2) is 24.3 Å². The van der Waals surface area contributed by atoms with Gasteiger partial charge in [-0.15, -0.1) is 0 Å². The molecule has 1 unspecified atom stereocenters. The van der Waals surface area contributed by atoms with Crippen molar-refractivity contribution in [3.8, 4) is 5.75 Å². The van der Waals surface area contributed by atoms with Crippen LogP contribution in [0.25, 0.3) is 0 Å². The molecule has 1 atom stereocenters. The summed E-state index contributed by atoms with van der Waals surface area (Å²) in [6.45, 7) is 0. The lowest BCUT2D eigenvalue weighted by atomic mass is 10.1. The molecule has 3 heteroatoms. The van der Waals surface area contributed by atoms with Gasteiger partial charge < -0.3 is 9.53 Å². The van der Waals surface area contributed by atoms with Gasteiger partial charge in [-0.05, 0) is 17.7 Å². The molecule has 2 nitrogen and oxygen atoms in total. The first-order chi connectivity index (χ1) is 6.26. The zero-order chi connectivity index (χ0) is 9.68. The molecule has 1 rings (SSSR count). The highest BCUT2D eigenvalue weighted by Gasteiger charge is 2.04. The first-order valence-corrected chi connectivity index (χ1v) is 3.98. The van der Waals surface area contributed by atoms with E-state index in [1.165, 1.54) is 0 Å². The Labute approximate surface area is 76.3 Å². The zero-order valence-corrected chi connectivity index (χ0v) is 7.37. The molecule has 0 saturated carbocycles. The third-order valence-electron chi connectivity index (χ3n) is 1.74. The third-order valence-corrected chi connectivity index (χ3v) is 1.74. The second kappa shape index (κ2) is 4.60. The zero-order valence-electron chi connectivity index (χ0n) is 7.37. The highest BCUT2D eigenvalue weighted by molar-refractivity contribution is 5.56. The summed E-state index contributed by atoms with van der Waals surface area (Å²) in [6, 6.07) is 6.98. The lowest BCUT2D eigenvalue weighted by Gasteiger charge is -2.02. The molecule has 0 spiro atoms. The molecule has 0 heterocycles. The average Bonchev–Trinajstić information content (AvgIpc) is 2.19. The number of benzene rings is 1. The Morgan fingerprint density at radius 3 is 2.54 bits per heavy atom. The maximum absolute atomic E-state index is 12.6. The first-order valence-electron chi connectivity index (χ1n) is 3.98. The molecule has 0 aliphatic rings. The first kappa shape index (κ1) is 9.71. The van der Waals surface area contributed by atoms with Gasteiger partial charge in [-0.25, -0.2) is 4.39 Å². The number of hydrogen-bond donors (Lipinski definition) is 0. The van der Waals surface area contributed by atoms with E-state index in [0.29, 0.717) is 6.29 Å². The fraction of sp³-hybridized carbons (Fsp3) is 0.300. The summed E-state index contributed by atoms with van der Waals surface area (Å²) < 4.78 is 17.5. The van der Waals surface area contributed by atoms with Gasteiger partial charge in [-0.2, -0.15) is 0 Å². The fourth-order valence-corrected chi connectivity index (χ4v) is 1.03. The van der Waals surface area contributed by atoms with Crippen LogP contribution in [0.4, 0.5) is 4.39 Å².